The molecule has 0 aliphatic heterocycles. The van der Waals surface area contributed by atoms with Crippen molar-refractivity contribution in [1.29, 1.82) is 0 Å². The van der Waals surface area contributed by atoms with Crippen LogP contribution in [-0.4, -0.2) is 46.3 Å². The summed E-state index contributed by atoms with van der Waals surface area (Å²) in [6.45, 7) is 2.26. The van der Waals surface area contributed by atoms with Crippen LogP contribution in [0.15, 0.2) is 28.8 Å². The van der Waals surface area contributed by atoms with Crippen LogP contribution >= 0.6 is 0 Å². The lowest BCUT2D eigenvalue weighted by Gasteiger charge is -2.26. The van der Waals surface area contributed by atoms with Gasteiger partial charge in [-0.15, -0.1) is 6.42 Å². The third-order valence-corrected chi connectivity index (χ3v) is 3.36. The van der Waals surface area contributed by atoms with Crippen LogP contribution in [0.3, 0.4) is 0 Å². The van der Waals surface area contributed by atoms with Crippen molar-refractivity contribution >= 4 is 6.03 Å². The maximum atomic E-state index is 12.5. The zero-order chi connectivity index (χ0) is 20.0. The van der Waals surface area contributed by atoms with Gasteiger partial charge in [0.15, 0.2) is 0 Å². The second-order valence-corrected chi connectivity index (χ2v) is 5.41. The Morgan fingerprint density at radius 2 is 2.00 bits per heavy atom. The molecular weight excluding hydrogens is 365 g/mol. The minimum Gasteiger partial charge on any atom is -0.329 e. The van der Waals surface area contributed by atoms with Crippen molar-refractivity contribution in [3.8, 4) is 23.7 Å². The number of rotatable bonds is 6. The standard InChI is InChI=1S/C17H17F3N4O3/c1-4-10-23(3)16(25)24(26-5-2)11-12-6-8-13(9-7-12)14-21-15(27-22-14)17(18,19)20/h1,6-9H,5,10-11H2,2-3H3. The Bertz CT molecular complexity index is 812. The van der Waals surface area contributed by atoms with E-state index in [9.17, 15) is 18.0 Å². The van der Waals surface area contributed by atoms with Crippen LogP contribution < -0.4 is 0 Å². The predicted octanol–water partition coefficient (Wildman–Crippen LogP) is 3.19. The Morgan fingerprint density at radius 3 is 2.52 bits per heavy atom. The fraction of sp³-hybridized carbons (Fsp3) is 0.353. The summed E-state index contributed by atoms with van der Waals surface area (Å²) in [7, 11) is 1.55. The first-order valence-corrected chi connectivity index (χ1v) is 7.85. The van der Waals surface area contributed by atoms with Gasteiger partial charge in [-0.05, 0) is 12.5 Å². The number of hydrogen-bond donors (Lipinski definition) is 0. The molecule has 0 spiro atoms. The first kappa shape index (κ1) is 20.3. The molecule has 2 amide bonds. The van der Waals surface area contributed by atoms with Gasteiger partial charge in [-0.2, -0.15) is 23.2 Å². The highest BCUT2D eigenvalue weighted by molar-refractivity contribution is 5.73. The van der Waals surface area contributed by atoms with Crippen LogP contribution in [0.2, 0.25) is 0 Å². The number of carbonyl (C=O) groups is 1. The number of nitrogens with zero attached hydrogens (tertiary/aromatic N) is 4. The van der Waals surface area contributed by atoms with Crippen LogP contribution in [-0.2, 0) is 17.6 Å². The fourth-order valence-corrected chi connectivity index (χ4v) is 2.10. The Kier molecular flexibility index (Phi) is 6.41. The van der Waals surface area contributed by atoms with Crippen molar-refractivity contribution < 1.29 is 27.3 Å². The molecule has 0 saturated carbocycles. The summed E-state index contributed by atoms with van der Waals surface area (Å²) in [5, 5.41) is 4.48. The number of urea groups is 1. The van der Waals surface area contributed by atoms with Crippen molar-refractivity contribution in [1.82, 2.24) is 20.1 Å². The smallest absolute Gasteiger partial charge is 0.329 e. The molecule has 0 fully saturated rings. The van der Waals surface area contributed by atoms with E-state index >= 15 is 0 Å². The van der Waals surface area contributed by atoms with Crippen LogP contribution in [0.4, 0.5) is 18.0 Å². The van der Waals surface area contributed by atoms with Crippen LogP contribution in [0.1, 0.15) is 18.4 Å². The van der Waals surface area contributed by atoms with Gasteiger partial charge in [0, 0.05) is 12.6 Å². The van der Waals surface area contributed by atoms with Crippen molar-refractivity contribution in [2.45, 2.75) is 19.6 Å². The first-order chi connectivity index (χ1) is 12.8. The van der Waals surface area contributed by atoms with E-state index in [-0.39, 0.29) is 25.5 Å². The van der Waals surface area contributed by atoms with E-state index in [4.69, 9.17) is 11.3 Å². The van der Waals surface area contributed by atoms with Gasteiger partial charge in [-0.3, -0.25) is 4.84 Å². The van der Waals surface area contributed by atoms with E-state index in [2.05, 4.69) is 20.6 Å². The van der Waals surface area contributed by atoms with Crippen molar-refractivity contribution in [2.24, 2.45) is 0 Å². The van der Waals surface area contributed by atoms with E-state index < -0.39 is 18.1 Å². The number of benzene rings is 1. The largest absolute Gasteiger partial charge is 0.471 e. The van der Waals surface area contributed by atoms with Gasteiger partial charge in [0.2, 0.25) is 5.82 Å². The second kappa shape index (κ2) is 8.55. The average Bonchev–Trinajstić information content (AvgIpc) is 3.12. The molecule has 7 nitrogen and oxygen atoms in total. The zero-order valence-electron chi connectivity index (χ0n) is 14.7. The molecule has 2 aromatic rings. The van der Waals surface area contributed by atoms with Crippen LogP contribution in [0.25, 0.3) is 11.4 Å². The molecule has 2 rings (SSSR count). The lowest BCUT2D eigenvalue weighted by molar-refractivity contribution is -0.159. The summed E-state index contributed by atoms with van der Waals surface area (Å²) in [5.74, 6) is 0.776. The molecule has 1 aromatic heterocycles. The lowest BCUT2D eigenvalue weighted by Crippen LogP contribution is -2.40. The summed E-state index contributed by atoms with van der Waals surface area (Å²) in [4.78, 5) is 22.3. The summed E-state index contributed by atoms with van der Waals surface area (Å²) in [5.41, 5.74) is 1.03. The second-order valence-electron chi connectivity index (χ2n) is 5.41. The molecule has 0 atom stereocenters. The number of aromatic nitrogens is 2. The number of halogens is 3. The highest BCUT2D eigenvalue weighted by Crippen LogP contribution is 2.29. The number of carbonyl (C=O) groups excluding carboxylic acids is 1. The van der Waals surface area contributed by atoms with E-state index in [1.165, 1.54) is 17.0 Å². The molecular formula is C17H17F3N4O3. The van der Waals surface area contributed by atoms with Gasteiger partial charge in [-0.25, -0.2) is 4.79 Å². The molecule has 0 aliphatic carbocycles. The van der Waals surface area contributed by atoms with E-state index in [1.807, 2.05) is 0 Å². The number of terminal acetylenes is 1. The van der Waals surface area contributed by atoms with E-state index in [1.54, 1.807) is 26.1 Å². The number of amides is 2. The van der Waals surface area contributed by atoms with Gasteiger partial charge in [0.05, 0.1) is 19.7 Å². The summed E-state index contributed by atoms with van der Waals surface area (Å²) in [6, 6.07) is 5.89. The fourth-order valence-electron chi connectivity index (χ4n) is 2.10. The Balaban J connectivity index is 2.12. The third kappa shape index (κ3) is 5.21. The lowest BCUT2D eigenvalue weighted by atomic mass is 10.1. The minimum atomic E-state index is -4.70. The van der Waals surface area contributed by atoms with Gasteiger partial charge < -0.3 is 9.42 Å². The van der Waals surface area contributed by atoms with E-state index in [0.717, 1.165) is 5.06 Å². The van der Waals surface area contributed by atoms with Crippen molar-refractivity contribution in [2.75, 3.05) is 20.2 Å². The van der Waals surface area contributed by atoms with Gasteiger partial charge in [0.25, 0.3) is 0 Å². The quantitative estimate of drug-likeness (QED) is 0.567. The van der Waals surface area contributed by atoms with Crippen LogP contribution in [0, 0.1) is 12.3 Å². The normalized spacial score (nSPS) is 11.1. The summed E-state index contributed by atoms with van der Waals surface area (Å²) >= 11 is 0. The molecule has 10 heteroatoms. The highest BCUT2D eigenvalue weighted by atomic mass is 19.4. The van der Waals surface area contributed by atoms with Crippen LogP contribution in [0.5, 0.6) is 0 Å². The summed E-state index contributed by atoms with van der Waals surface area (Å²) < 4.78 is 41.8. The maximum Gasteiger partial charge on any atom is 0.471 e. The molecule has 0 aliphatic rings. The molecule has 0 saturated heterocycles. The third-order valence-electron chi connectivity index (χ3n) is 3.36. The topological polar surface area (TPSA) is 71.7 Å². The Morgan fingerprint density at radius 1 is 1.33 bits per heavy atom. The number of hydrogen-bond acceptors (Lipinski definition) is 5. The summed E-state index contributed by atoms with van der Waals surface area (Å²) in [6.07, 6.45) is 0.501. The zero-order valence-corrected chi connectivity index (χ0v) is 14.7. The number of hydroxylamine groups is 2. The maximum absolute atomic E-state index is 12.5. The molecule has 0 radical (unpaired) electrons. The van der Waals surface area contributed by atoms with Crippen molar-refractivity contribution in [3.05, 3.63) is 35.7 Å². The average molecular weight is 382 g/mol. The van der Waals surface area contributed by atoms with Gasteiger partial charge in [0.1, 0.15) is 0 Å². The molecule has 0 N–H and O–H groups in total. The monoisotopic (exact) mass is 382 g/mol. The molecule has 27 heavy (non-hydrogen) atoms. The molecule has 144 valence electrons. The molecule has 1 heterocycles. The SMILES string of the molecule is C#CCN(C)C(=O)N(Cc1ccc(-c2noc(C(F)(F)F)n2)cc1)OCC. The first-order valence-electron chi connectivity index (χ1n) is 7.85. The van der Waals surface area contributed by atoms with Crippen molar-refractivity contribution in [3.63, 3.8) is 0 Å². The highest BCUT2D eigenvalue weighted by Gasteiger charge is 2.38. The number of alkyl halides is 3. The Hall–Kier alpha value is -3.06. The molecule has 0 unspecified atom stereocenters. The minimum absolute atomic E-state index is 0.126. The Labute approximate surface area is 153 Å². The molecule has 1 aromatic carbocycles. The van der Waals surface area contributed by atoms with Gasteiger partial charge >= 0.3 is 18.1 Å². The predicted molar refractivity (Wildman–Crippen MR) is 88.8 cm³/mol. The van der Waals surface area contributed by atoms with Gasteiger partial charge in [-0.1, -0.05) is 35.3 Å². The molecule has 0 bridgehead atoms. The van der Waals surface area contributed by atoms with E-state index in [0.29, 0.717) is 11.1 Å².